The Bertz CT molecular complexity index is 296. The molecule has 2 rings (SSSR count). The minimum absolute atomic E-state index is 0.717. The van der Waals surface area contributed by atoms with Crippen molar-refractivity contribution in [1.82, 2.24) is 9.80 Å². The number of hydrogen-bond donors (Lipinski definition) is 0. The molecular formula is C19H38N2O2. The largest absolute Gasteiger partial charge is 0.379 e. The third kappa shape index (κ3) is 7.08. The van der Waals surface area contributed by atoms with Gasteiger partial charge in [0.05, 0.1) is 13.2 Å². The molecule has 136 valence electrons. The molecule has 0 aromatic heterocycles. The van der Waals surface area contributed by atoms with E-state index < -0.39 is 0 Å². The van der Waals surface area contributed by atoms with Gasteiger partial charge in [-0.05, 0) is 84.5 Å². The van der Waals surface area contributed by atoms with Crippen LogP contribution in [0.25, 0.3) is 0 Å². The third-order valence-electron chi connectivity index (χ3n) is 5.53. The summed E-state index contributed by atoms with van der Waals surface area (Å²) in [5.74, 6) is 1.68. The fourth-order valence-corrected chi connectivity index (χ4v) is 3.86. The van der Waals surface area contributed by atoms with E-state index in [2.05, 4.69) is 23.6 Å². The van der Waals surface area contributed by atoms with E-state index in [1.165, 1.54) is 58.4 Å². The summed E-state index contributed by atoms with van der Waals surface area (Å²) in [7, 11) is 0. The summed E-state index contributed by atoms with van der Waals surface area (Å²) in [6.07, 6.45) is 5.39. The number of ether oxygens (including phenoxy) is 2. The van der Waals surface area contributed by atoms with Crippen molar-refractivity contribution in [3.8, 4) is 0 Å². The Morgan fingerprint density at radius 3 is 2.09 bits per heavy atom. The van der Waals surface area contributed by atoms with Crippen LogP contribution in [-0.2, 0) is 9.47 Å². The lowest BCUT2D eigenvalue weighted by Crippen LogP contribution is -2.43. The van der Waals surface area contributed by atoms with Gasteiger partial charge in [-0.15, -0.1) is 0 Å². The Labute approximate surface area is 143 Å². The molecule has 0 atom stereocenters. The summed E-state index contributed by atoms with van der Waals surface area (Å²) in [4.78, 5) is 5.33. The summed E-state index contributed by atoms with van der Waals surface area (Å²) >= 11 is 0. The number of rotatable bonds is 9. The molecule has 2 fully saturated rings. The first-order chi connectivity index (χ1) is 11.2. The van der Waals surface area contributed by atoms with Gasteiger partial charge in [-0.1, -0.05) is 0 Å². The molecule has 0 N–H and O–H groups in total. The lowest BCUT2D eigenvalue weighted by molar-refractivity contribution is 0.0217. The number of piperidine rings is 2. The third-order valence-corrected chi connectivity index (χ3v) is 5.53. The molecule has 0 amide bonds. The minimum atomic E-state index is 0.717. The van der Waals surface area contributed by atoms with E-state index in [4.69, 9.17) is 9.47 Å². The zero-order valence-corrected chi connectivity index (χ0v) is 15.6. The Morgan fingerprint density at radius 2 is 1.48 bits per heavy atom. The molecule has 0 saturated carbocycles. The van der Waals surface area contributed by atoms with Crippen molar-refractivity contribution in [3.05, 3.63) is 0 Å². The molecule has 0 bridgehead atoms. The summed E-state index contributed by atoms with van der Waals surface area (Å²) in [5.41, 5.74) is 0. The van der Waals surface area contributed by atoms with Gasteiger partial charge in [-0.2, -0.15) is 0 Å². The van der Waals surface area contributed by atoms with Gasteiger partial charge in [-0.25, -0.2) is 0 Å². The van der Waals surface area contributed by atoms with Gasteiger partial charge >= 0.3 is 0 Å². The highest BCUT2D eigenvalue weighted by Crippen LogP contribution is 2.23. The van der Waals surface area contributed by atoms with Crippen molar-refractivity contribution in [2.24, 2.45) is 11.8 Å². The predicted octanol–water partition coefficient (Wildman–Crippen LogP) is 2.87. The van der Waals surface area contributed by atoms with Gasteiger partial charge in [0.2, 0.25) is 0 Å². The summed E-state index contributed by atoms with van der Waals surface area (Å²) in [5, 5.41) is 0. The number of hydrogen-bond acceptors (Lipinski definition) is 4. The molecule has 0 radical (unpaired) electrons. The van der Waals surface area contributed by atoms with Crippen LogP contribution in [-0.4, -0.2) is 75.0 Å². The second-order valence-corrected chi connectivity index (χ2v) is 7.59. The maximum atomic E-state index is 5.75. The molecule has 0 unspecified atom stereocenters. The van der Waals surface area contributed by atoms with E-state index in [9.17, 15) is 0 Å². The van der Waals surface area contributed by atoms with E-state index in [1.807, 2.05) is 6.92 Å². The SMILES string of the molecule is CCOCCOCC1CCN(CC2CCN(C(C)C)CC2)CC1. The minimum Gasteiger partial charge on any atom is -0.379 e. The highest BCUT2D eigenvalue weighted by atomic mass is 16.5. The molecule has 0 aromatic rings. The molecule has 0 spiro atoms. The monoisotopic (exact) mass is 326 g/mol. The van der Waals surface area contributed by atoms with Gasteiger partial charge in [0.15, 0.2) is 0 Å². The van der Waals surface area contributed by atoms with Crippen molar-refractivity contribution in [2.75, 3.05) is 59.2 Å². The van der Waals surface area contributed by atoms with Crippen molar-refractivity contribution < 1.29 is 9.47 Å². The van der Waals surface area contributed by atoms with E-state index in [0.29, 0.717) is 0 Å². The lowest BCUT2D eigenvalue weighted by Gasteiger charge is -2.38. The fourth-order valence-electron chi connectivity index (χ4n) is 3.86. The molecule has 2 saturated heterocycles. The first kappa shape index (κ1) is 19.2. The first-order valence-electron chi connectivity index (χ1n) is 9.81. The van der Waals surface area contributed by atoms with Crippen LogP contribution < -0.4 is 0 Å². The average Bonchev–Trinajstić information content (AvgIpc) is 2.57. The van der Waals surface area contributed by atoms with Crippen LogP contribution >= 0.6 is 0 Å². The Balaban J connectivity index is 1.53. The normalized spacial score (nSPS) is 23.0. The van der Waals surface area contributed by atoms with Crippen LogP contribution in [0, 0.1) is 11.8 Å². The molecule has 4 heteroatoms. The molecule has 2 aliphatic heterocycles. The molecular weight excluding hydrogens is 288 g/mol. The molecule has 2 aliphatic rings. The maximum Gasteiger partial charge on any atom is 0.0700 e. The van der Waals surface area contributed by atoms with Gasteiger partial charge in [-0.3, -0.25) is 0 Å². The van der Waals surface area contributed by atoms with Gasteiger partial charge in [0, 0.05) is 25.8 Å². The molecule has 4 nitrogen and oxygen atoms in total. The Morgan fingerprint density at radius 1 is 0.870 bits per heavy atom. The van der Waals surface area contributed by atoms with Crippen LogP contribution in [0.3, 0.4) is 0 Å². The van der Waals surface area contributed by atoms with E-state index in [1.54, 1.807) is 0 Å². The Hall–Kier alpha value is -0.160. The lowest BCUT2D eigenvalue weighted by atomic mass is 9.92. The van der Waals surface area contributed by atoms with Gasteiger partial charge < -0.3 is 19.3 Å². The maximum absolute atomic E-state index is 5.75. The first-order valence-corrected chi connectivity index (χ1v) is 9.81. The van der Waals surface area contributed by atoms with Crippen molar-refractivity contribution in [3.63, 3.8) is 0 Å². The van der Waals surface area contributed by atoms with Gasteiger partial charge in [0.1, 0.15) is 0 Å². The second-order valence-electron chi connectivity index (χ2n) is 7.59. The van der Waals surface area contributed by atoms with Crippen LogP contribution in [0.5, 0.6) is 0 Å². The molecule has 0 aromatic carbocycles. The second kappa shape index (κ2) is 10.7. The zero-order chi connectivity index (χ0) is 16.5. The summed E-state index contributed by atoms with van der Waals surface area (Å²) in [6.45, 7) is 16.3. The smallest absolute Gasteiger partial charge is 0.0700 e. The predicted molar refractivity (Wildman–Crippen MR) is 95.9 cm³/mol. The Kier molecular flexibility index (Phi) is 8.88. The van der Waals surface area contributed by atoms with Crippen LogP contribution in [0.2, 0.25) is 0 Å². The van der Waals surface area contributed by atoms with Gasteiger partial charge in [0.25, 0.3) is 0 Å². The number of likely N-dealkylation sites (tertiary alicyclic amines) is 2. The van der Waals surface area contributed by atoms with Crippen LogP contribution in [0.4, 0.5) is 0 Å². The van der Waals surface area contributed by atoms with Crippen LogP contribution in [0.15, 0.2) is 0 Å². The van der Waals surface area contributed by atoms with E-state index in [0.717, 1.165) is 44.3 Å². The highest BCUT2D eigenvalue weighted by Gasteiger charge is 2.25. The molecule has 0 aliphatic carbocycles. The topological polar surface area (TPSA) is 24.9 Å². The summed E-state index contributed by atoms with van der Waals surface area (Å²) < 4.78 is 11.1. The quantitative estimate of drug-likeness (QED) is 0.608. The highest BCUT2D eigenvalue weighted by molar-refractivity contribution is 4.79. The average molecular weight is 327 g/mol. The number of nitrogens with zero attached hydrogens (tertiary/aromatic N) is 2. The zero-order valence-electron chi connectivity index (χ0n) is 15.6. The van der Waals surface area contributed by atoms with Crippen molar-refractivity contribution >= 4 is 0 Å². The fraction of sp³-hybridized carbons (Fsp3) is 1.00. The van der Waals surface area contributed by atoms with Crippen LogP contribution in [0.1, 0.15) is 46.5 Å². The van der Waals surface area contributed by atoms with E-state index in [-0.39, 0.29) is 0 Å². The molecule has 2 heterocycles. The van der Waals surface area contributed by atoms with E-state index >= 15 is 0 Å². The standard InChI is InChI=1S/C19H38N2O2/c1-4-22-13-14-23-16-19-5-9-20(10-6-19)15-18-7-11-21(12-8-18)17(2)3/h17-19H,4-16H2,1-3H3. The van der Waals surface area contributed by atoms with Crippen molar-refractivity contribution in [1.29, 1.82) is 0 Å². The molecule has 23 heavy (non-hydrogen) atoms. The van der Waals surface area contributed by atoms with Crippen molar-refractivity contribution in [2.45, 2.75) is 52.5 Å². The summed E-state index contributed by atoms with van der Waals surface area (Å²) in [6, 6.07) is 0.717.